The second-order valence-corrected chi connectivity index (χ2v) is 7.86. The first-order valence-corrected chi connectivity index (χ1v) is 10.4. The van der Waals surface area contributed by atoms with Crippen LogP contribution in [-0.2, 0) is 11.3 Å². The van der Waals surface area contributed by atoms with Gasteiger partial charge in [0.05, 0.1) is 19.1 Å². The Balaban J connectivity index is 1.46. The molecule has 3 heterocycles. The molecule has 4 rings (SSSR count). The molecule has 0 spiro atoms. The van der Waals surface area contributed by atoms with Gasteiger partial charge < -0.3 is 15.1 Å². The number of fused-ring (bicyclic) bond motifs is 1. The Hall–Kier alpha value is -3.23. The number of hydrogen-bond donors (Lipinski definition) is 1. The van der Waals surface area contributed by atoms with Crippen LogP contribution in [0.15, 0.2) is 30.3 Å². The Morgan fingerprint density at radius 2 is 1.83 bits per heavy atom. The van der Waals surface area contributed by atoms with Crippen LogP contribution in [-0.4, -0.2) is 69.2 Å². The first-order valence-electron chi connectivity index (χ1n) is 10.4. The van der Waals surface area contributed by atoms with Gasteiger partial charge in [0.25, 0.3) is 11.8 Å². The molecule has 1 saturated heterocycles. The minimum absolute atomic E-state index is 0.0230. The molecule has 9 heteroatoms. The average molecular weight is 410 g/mol. The third kappa shape index (κ3) is 4.05. The standard InChI is InChI=1S/C21H26N6O3/c1-25(14-17(28)26-11-7-2-3-8-12-26)21(30)18-19-20(29)22-16(13-27(19)24-23-18)15-9-5-4-6-10-15/h4-6,9-10,16H,2-3,7-8,11-14H2,1H3,(H,22,29)/t16-/m1/s1. The van der Waals surface area contributed by atoms with Gasteiger partial charge in [0.1, 0.15) is 0 Å². The number of rotatable bonds is 4. The van der Waals surface area contributed by atoms with E-state index < -0.39 is 11.8 Å². The highest BCUT2D eigenvalue weighted by atomic mass is 16.2. The van der Waals surface area contributed by atoms with Crippen LogP contribution in [0, 0.1) is 0 Å². The number of hydrogen-bond acceptors (Lipinski definition) is 5. The molecular formula is C21H26N6O3. The normalized spacial score (nSPS) is 18.9. The maximum absolute atomic E-state index is 12.9. The van der Waals surface area contributed by atoms with Crippen molar-refractivity contribution < 1.29 is 14.4 Å². The van der Waals surface area contributed by atoms with Crippen LogP contribution in [0.4, 0.5) is 0 Å². The van der Waals surface area contributed by atoms with Gasteiger partial charge in [-0.3, -0.25) is 14.4 Å². The highest BCUT2D eigenvalue weighted by Gasteiger charge is 2.34. The Morgan fingerprint density at radius 3 is 2.53 bits per heavy atom. The summed E-state index contributed by atoms with van der Waals surface area (Å²) in [6.45, 7) is 1.80. The molecule has 158 valence electrons. The van der Waals surface area contributed by atoms with Gasteiger partial charge in [0.15, 0.2) is 11.4 Å². The average Bonchev–Trinajstić information content (AvgIpc) is 3.00. The van der Waals surface area contributed by atoms with Gasteiger partial charge in [0.2, 0.25) is 5.91 Å². The van der Waals surface area contributed by atoms with Gasteiger partial charge in [-0.1, -0.05) is 48.4 Å². The lowest BCUT2D eigenvalue weighted by Gasteiger charge is -2.26. The molecule has 0 aliphatic carbocycles. The molecule has 2 aromatic rings. The van der Waals surface area contributed by atoms with Crippen molar-refractivity contribution in [2.75, 3.05) is 26.7 Å². The fourth-order valence-corrected chi connectivity index (χ4v) is 4.00. The second kappa shape index (κ2) is 8.64. The van der Waals surface area contributed by atoms with E-state index in [2.05, 4.69) is 15.6 Å². The predicted molar refractivity (Wildman–Crippen MR) is 109 cm³/mol. The molecule has 1 aromatic heterocycles. The summed E-state index contributed by atoms with van der Waals surface area (Å²) in [5.41, 5.74) is 1.08. The topological polar surface area (TPSA) is 100 Å². The molecule has 1 fully saturated rings. The zero-order valence-corrected chi connectivity index (χ0v) is 17.1. The fraction of sp³-hybridized carbons (Fsp3) is 0.476. The lowest BCUT2D eigenvalue weighted by atomic mass is 10.0. The van der Waals surface area contributed by atoms with Crippen LogP contribution in [0.5, 0.6) is 0 Å². The molecule has 9 nitrogen and oxygen atoms in total. The molecule has 1 aromatic carbocycles. The summed E-state index contributed by atoms with van der Waals surface area (Å²) < 4.78 is 1.47. The Morgan fingerprint density at radius 1 is 1.13 bits per heavy atom. The van der Waals surface area contributed by atoms with Crippen molar-refractivity contribution >= 4 is 17.7 Å². The number of amides is 3. The van der Waals surface area contributed by atoms with Gasteiger partial charge >= 0.3 is 0 Å². The monoisotopic (exact) mass is 410 g/mol. The highest BCUT2D eigenvalue weighted by Crippen LogP contribution is 2.22. The lowest BCUT2D eigenvalue weighted by molar-refractivity contribution is -0.131. The summed E-state index contributed by atoms with van der Waals surface area (Å²) in [6, 6.07) is 9.35. The SMILES string of the molecule is CN(CC(=O)N1CCCCCC1)C(=O)c1nnn2c1C(=O)N[C@@H](c1ccccc1)C2. The van der Waals surface area contributed by atoms with Crippen molar-refractivity contribution in [3.8, 4) is 0 Å². The Bertz CT molecular complexity index is 933. The number of nitrogens with one attached hydrogen (secondary N) is 1. The van der Waals surface area contributed by atoms with E-state index in [1.165, 1.54) is 9.58 Å². The van der Waals surface area contributed by atoms with Gasteiger partial charge in [-0.2, -0.15) is 0 Å². The van der Waals surface area contributed by atoms with E-state index in [4.69, 9.17) is 0 Å². The van der Waals surface area contributed by atoms with E-state index in [1.54, 1.807) is 7.05 Å². The zero-order valence-electron chi connectivity index (χ0n) is 17.1. The number of likely N-dealkylation sites (tertiary alicyclic amines) is 1. The summed E-state index contributed by atoms with van der Waals surface area (Å²) in [4.78, 5) is 41.4. The first-order chi connectivity index (χ1) is 14.5. The van der Waals surface area contributed by atoms with Gasteiger partial charge in [0, 0.05) is 20.1 Å². The minimum atomic E-state index is -0.479. The van der Waals surface area contributed by atoms with Crippen molar-refractivity contribution in [3.63, 3.8) is 0 Å². The minimum Gasteiger partial charge on any atom is -0.342 e. The number of carbonyl (C=O) groups excluding carboxylic acids is 3. The van der Waals surface area contributed by atoms with Crippen molar-refractivity contribution in [3.05, 3.63) is 47.3 Å². The molecule has 3 amide bonds. The largest absolute Gasteiger partial charge is 0.342 e. The molecular weight excluding hydrogens is 384 g/mol. The summed E-state index contributed by atoms with van der Waals surface area (Å²) in [5.74, 6) is -0.953. The molecule has 1 N–H and O–H groups in total. The van der Waals surface area contributed by atoms with Gasteiger partial charge in [-0.15, -0.1) is 5.10 Å². The molecule has 30 heavy (non-hydrogen) atoms. The third-order valence-corrected chi connectivity index (χ3v) is 5.69. The fourth-order valence-electron chi connectivity index (χ4n) is 4.00. The first kappa shape index (κ1) is 20.1. The van der Waals surface area contributed by atoms with E-state index in [-0.39, 0.29) is 29.9 Å². The van der Waals surface area contributed by atoms with Crippen LogP contribution >= 0.6 is 0 Å². The van der Waals surface area contributed by atoms with Gasteiger partial charge in [-0.05, 0) is 18.4 Å². The number of likely N-dealkylation sites (N-methyl/N-ethyl adjacent to an activating group) is 1. The van der Waals surface area contributed by atoms with Crippen molar-refractivity contribution in [1.82, 2.24) is 30.1 Å². The maximum atomic E-state index is 12.9. The predicted octanol–water partition coefficient (Wildman–Crippen LogP) is 1.24. The summed E-state index contributed by atoms with van der Waals surface area (Å²) in [6.07, 6.45) is 4.24. The Kier molecular flexibility index (Phi) is 5.78. The summed E-state index contributed by atoms with van der Waals surface area (Å²) in [5, 5.41) is 10.9. The van der Waals surface area contributed by atoms with E-state index in [9.17, 15) is 14.4 Å². The third-order valence-electron chi connectivity index (χ3n) is 5.69. The molecule has 0 saturated carbocycles. The van der Waals surface area contributed by atoms with Crippen LogP contribution in [0.3, 0.4) is 0 Å². The van der Waals surface area contributed by atoms with E-state index in [1.807, 2.05) is 35.2 Å². The van der Waals surface area contributed by atoms with Crippen LogP contribution in [0.25, 0.3) is 0 Å². The van der Waals surface area contributed by atoms with E-state index in [0.717, 1.165) is 44.3 Å². The summed E-state index contributed by atoms with van der Waals surface area (Å²) >= 11 is 0. The number of carbonyl (C=O) groups is 3. The van der Waals surface area contributed by atoms with E-state index >= 15 is 0 Å². The smallest absolute Gasteiger partial charge is 0.277 e. The lowest BCUT2D eigenvalue weighted by Crippen LogP contribution is -2.43. The Labute approximate surface area is 175 Å². The number of nitrogens with zero attached hydrogens (tertiary/aromatic N) is 5. The second-order valence-electron chi connectivity index (χ2n) is 7.86. The number of benzene rings is 1. The van der Waals surface area contributed by atoms with Crippen LogP contribution < -0.4 is 5.32 Å². The van der Waals surface area contributed by atoms with Crippen molar-refractivity contribution in [2.24, 2.45) is 0 Å². The van der Waals surface area contributed by atoms with Gasteiger partial charge in [-0.25, -0.2) is 4.68 Å². The zero-order chi connectivity index (χ0) is 21.1. The number of aromatic nitrogens is 3. The van der Waals surface area contributed by atoms with Crippen molar-refractivity contribution in [2.45, 2.75) is 38.3 Å². The molecule has 0 bridgehead atoms. The van der Waals surface area contributed by atoms with E-state index in [0.29, 0.717) is 6.54 Å². The highest BCUT2D eigenvalue weighted by molar-refractivity contribution is 6.05. The molecule has 2 aliphatic heterocycles. The molecule has 0 radical (unpaired) electrons. The maximum Gasteiger partial charge on any atom is 0.277 e. The van der Waals surface area contributed by atoms with Crippen LogP contribution in [0.1, 0.15) is 58.3 Å². The molecule has 2 aliphatic rings. The quantitative estimate of drug-likeness (QED) is 0.817. The molecule has 0 unspecified atom stereocenters. The summed E-state index contributed by atoms with van der Waals surface area (Å²) in [7, 11) is 1.55. The molecule has 1 atom stereocenters. The van der Waals surface area contributed by atoms with Crippen LogP contribution in [0.2, 0.25) is 0 Å². The van der Waals surface area contributed by atoms with Crippen molar-refractivity contribution in [1.29, 1.82) is 0 Å².